The van der Waals surface area contributed by atoms with Gasteiger partial charge in [0.2, 0.25) is 17.2 Å². The number of nitrogens with zero attached hydrogens (tertiary/aromatic N) is 4. The van der Waals surface area contributed by atoms with Gasteiger partial charge in [-0.2, -0.15) is 15.0 Å². The van der Waals surface area contributed by atoms with Crippen LogP contribution in [0.3, 0.4) is 0 Å². The van der Waals surface area contributed by atoms with Gasteiger partial charge in [0.1, 0.15) is 6.61 Å². The molecule has 0 unspecified atom stereocenters. The van der Waals surface area contributed by atoms with Crippen LogP contribution in [-0.4, -0.2) is 54.3 Å². The van der Waals surface area contributed by atoms with Crippen LogP contribution in [0.15, 0.2) is 0 Å². The highest BCUT2D eigenvalue weighted by molar-refractivity contribution is 6.28. The third-order valence-electron chi connectivity index (χ3n) is 2.22. The smallest absolute Gasteiger partial charge is 0.406 e. The molecule has 9 heteroatoms. The molecule has 0 bridgehead atoms. The molecule has 1 rings (SSSR count). The molecule has 0 saturated carbocycles. The number of amides is 1. The third kappa shape index (κ3) is 5.43. The summed E-state index contributed by atoms with van der Waals surface area (Å²) in [6.45, 7) is 4.60. The molecule has 0 aliphatic rings. The summed E-state index contributed by atoms with van der Waals surface area (Å²) in [5.74, 6) is 0.822. The lowest BCUT2D eigenvalue weighted by Gasteiger charge is -2.18. The minimum absolute atomic E-state index is 0.109. The molecule has 0 fully saturated rings. The van der Waals surface area contributed by atoms with Crippen LogP contribution >= 0.6 is 11.6 Å². The van der Waals surface area contributed by atoms with Crippen molar-refractivity contribution in [2.75, 3.05) is 37.5 Å². The van der Waals surface area contributed by atoms with Gasteiger partial charge >= 0.3 is 6.09 Å². The lowest BCUT2D eigenvalue weighted by Crippen LogP contribution is -2.28. The van der Waals surface area contributed by atoms with E-state index < -0.39 is 6.09 Å². The van der Waals surface area contributed by atoms with Gasteiger partial charge in [-0.15, -0.1) is 0 Å². The Hall–Kier alpha value is -1.83. The highest BCUT2D eigenvalue weighted by Gasteiger charge is 2.10. The van der Waals surface area contributed by atoms with Gasteiger partial charge < -0.3 is 20.3 Å². The number of halogens is 1. The first-order chi connectivity index (χ1) is 9.42. The lowest BCUT2D eigenvalue weighted by molar-refractivity contribution is 0.151. The zero-order chi connectivity index (χ0) is 15.1. The van der Waals surface area contributed by atoms with Gasteiger partial charge in [-0.05, 0) is 25.4 Å². The summed E-state index contributed by atoms with van der Waals surface area (Å²) in [6.07, 6.45) is -0.478. The topological polar surface area (TPSA) is 92.3 Å². The second-order valence-electron chi connectivity index (χ2n) is 4.33. The minimum atomic E-state index is -0.478. The molecule has 0 radical (unpaired) electrons. The van der Waals surface area contributed by atoms with E-state index in [1.165, 1.54) is 7.05 Å². The van der Waals surface area contributed by atoms with Gasteiger partial charge in [0.15, 0.2) is 0 Å². The Morgan fingerprint density at radius 1 is 1.40 bits per heavy atom. The van der Waals surface area contributed by atoms with E-state index in [0.29, 0.717) is 18.4 Å². The van der Waals surface area contributed by atoms with E-state index >= 15 is 0 Å². The van der Waals surface area contributed by atoms with Gasteiger partial charge in [0.05, 0.1) is 6.54 Å². The number of carbonyl (C=O) groups is 1. The summed E-state index contributed by atoms with van der Waals surface area (Å²) in [7, 11) is 3.28. The van der Waals surface area contributed by atoms with Crippen LogP contribution in [0.5, 0.6) is 0 Å². The van der Waals surface area contributed by atoms with Crippen molar-refractivity contribution in [3.05, 3.63) is 5.28 Å². The number of hydrogen-bond acceptors (Lipinski definition) is 7. The standard InChI is InChI=1S/C11H19ClN6O2/c1-7(2)14-9-15-8(12)16-10(17-9)18(4)5-6-20-11(19)13-3/h7H,5-6H2,1-4H3,(H,13,19)(H,14,15,16,17). The van der Waals surface area contributed by atoms with Gasteiger partial charge in [-0.3, -0.25) is 0 Å². The number of anilines is 2. The van der Waals surface area contributed by atoms with Crippen molar-refractivity contribution in [1.82, 2.24) is 20.3 Å². The van der Waals surface area contributed by atoms with Crippen LogP contribution in [0.25, 0.3) is 0 Å². The quantitative estimate of drug-likeness (QED) is 0.814. The summed E-state index contributed by atoms with van der Waals surface area (Å²) in [5.41, 5.74) is 0. The molecule has 0 aromatic carbocycles. The number of rotatable bonds is 6. The Labute approximate surface area is 122 Å². The Morgan fingerprint density at radius 2 is 2.10 bits per heavy atom. The predicted molar refractivity (Wildman–Crippen MR) is 77.3 cm³/mol. The van der Waals surface area contributed by atoms with Gasteiger partial charge in [-0.25, -0.2) is 4.79 Å². The Balaban J connectivity index is 2.64. The molecule has 2 N–H and O–H groups in total. The maximum Gasteiger partial charge on any atom is 0.406 e. The second kappa shape index (κ2) is 7.68. The normalized spacial score (nSPS) is 10.3. The highest BCUT2D eigenvalue weighted by Crippen LogP contribution is 2.13. The predicted octanol–water partition coefficient (Wildman–Crippen LogP) is 1.14. The molecule has 0 aliphatic heterocycles. The first kappa shape index (κ1) is 16.2. The van der Waals surface area contributed by atoms with Crippen molar-refractivity contribution in [3.63, 3.8) is 0 Å². The monoisotopic (exact) mass is 302 g/mol. The van der Waals surface area contributed by atoms with E-state index in [0.717, 1.165) is 0 Å². The van der Waals surface area contributed by atoms with Crippen LogP contribution in [0.4, 0.5) is 16.7 Å². The van der Waals surface area contributed by atoms with Crippen molar-refractivity contribution in [2.24, 2.45) is 0 Å². The van der Waals surface area contributed by atoms with Crippen molar-refractivity contribution < 1.29 is 9.53 Å². The van der Waals surface area contributed by atoms with Gasteiger partial charge in [-0.1, -0.05) is 0 Å². The number of nitrogens with one attached hydrogen (secondary N) is 2. The van der Waals surface area contributed by atoms with Crippen molar-refractivity contribution in [2.45, 2.75) is 19.9 Å². The molecule has 1 heterocycles. The number of aromatic nitrogens is 3. The maximum atomic E-state index is 10.9. The van der Waals surface area contributed by atoms with Crippen molar-refractivity contribution in [1.29, 1.82) is 0 Å². The van der Waals surface area contributed by atoms with Crippen molar-refractivity contribution in [3.8, 4) is 0 Å². The molecular formula is C11H19ClN6O2. The molecule has 112 valence electrons. The molecule has 0 saturated heterocycles. The fourth-order valence-electron chi connectivity index (χ4n) is 1.28. The van der Waals surface area contributed by atoms with Crippen LogP contribution in [0.1, 0.15) is 13.8 Å². The average molecular weight is 303 g/mol. The molecule has 8 nitrogen and oxygen atoms in total. The Morgan fingerprint density at radius 3 is 2.70 bits per heavy atom. The van der Waals surface area contributed by atoms with Crippen LogP contribution in [-0.2, 0) is 4.74 Å². The summed E-state index contributed by atoms with van der Waals surface area (Å²) in [4.78, 5) is 24.9. The van der Waals surface area contributed by atoms with E-state index in [9.17, 15) is 4.79 Å². The molecule has 0 aliphatic carbocycles. The first-order valence-electron chi connectivity index (χ1n) is 6.16. The number of hydrogen-bond donors (Lipinski definition) is 2. The fraction of sp³-hybridized carbons (Fsp3) is 0.636. The van der Waals surface area contributed by atoms with Crippen LogP contribution in [0.2, 0.25) is 5.28 Å². The number of carbonyl (C=O) groups excluding carboxylic acids is 1. The van der Waals surface area contributed by atoms with Gasteiger partial charge in [0, 0.05) is 20.1 Å². The summed E-state index contributed by atoms with van der Waals surface area (Å²) in [6, 6.07) is 0.184. The number of ether oxygens (including phenoxy) is 1. The molecule has 1 aromatic rings. The lowest BCUT2D eigenvalue weighted by atomic mass is 10.4. The van der Waals surface area contributed by atoms with Crippen molar-refractivity contribution >= 4 is 29.6 Å². The zero-order valence-corrected chi connectivity index (χ0v) is 12.7. The van der Waals surface area contributed by atoms with Crippen LogP contribution in [0, 0.1) is 0 Å². The van der Waals surface area contributed by atoms with Crippen LogP contribution < -0.4 is 15.5 Å². The Kier molecular flexibility index (Phi) is 6.23. The molecule has 1 amide bonds. The zero-order valence-electron chi connectivity index (χ0n) is 12.0. The summed E-state index contributed by atoms with van der Waals surface area (Å²) < 4.78 is 4.90. The number of alkyl carbamates (subject to hydrolysis) is 1. The Bertz CT molecular complexity index is 457. The molecule has 0 atom stereocenters. The van der Waals surface area contributed by atoms with E-state index in [1.54, 1.807) is 11.9 Å². The van der Waals surface area contributed by atoms with E-state index in [-0.39, 0.29) is 17.9 Å². The minimum Gasteiger partial charge on any atom is -0.448 e. The first-order valence-corrected chi connectivity index (χ1v) is 6.54. The molecule has 0 spiro atoms. The highest BCUT2D eigenvalue weighted by atomic mass is 35.5. The van der Waals surface area contributed by atoms with E-state index in [4.69, 9.17) is 16.3 Å². The molecular weight excluding hydrogens is 284 g/mol. The number of likely N-dealkylation sites (N-methyl/N-ethyl adjacent to an activating group) is 1. The summed E-state index contributed by atoms with van der Waals surface area (Å²) >= 11 is 5.86. The molecule has 20 heavy (non-hydrogen) atoms. The van der Waals surface area contributed by atoms with E-state index in [2.05, 4.69) is 25.6 Å². The largest absolute Gasteiger partial charge is 0.448 e. The average Bonchev–Trinajstić information content (AvgIpc) is 2.36. The third-order valence-corrected chi connectivity index (χ3v) is 2.39. The van der Waals surface area contributed by atoms with E-state index in [1.807, 2.05) is 13.8 Å². The SMILES string of the molecule is CNC(=O)OCCN(C)c1nc(Cl)nc(NC(C)C)n1. The second-order valence-corrected chi connectivity index (χ2v) is 4.67. The summed E-state index contributed by atoms with van der Waals surface area (Å²) in [5, 5.41) is 5.53. The fourth-order valence-corrected chi connectivity index (χ4v) is 1.44. The maximum absolute atomic E-state index is 10.9. The van der Waals surface area contributed by atoms with Gasteiger partial charge in [0.25, 0.3) is 0 Å². The molecule has 1 aromatic heterocycles.